The van der Waals surface area contributed by atoms with Gasteiger partial charge in [-0.2, -0.15) is 0 Å². The third kappa shape index (κ3) is 3.74. The maximum absolute atomic E-state index is 12.6. The first-order valence-corrected chi connectivity index (χ1v) is 6.85. The summed E-state index contributed by atoms with van der Waals surface area (Å²) >= 11 is 0. The second kappa shape index (κ2) is 6.75. The zero-order valence-electron chi connectivity index (χ0n) is 11.9. The normalized spacial score (nSPS) is 10.2. The maximum atomic E-state index is 12.6. The molecule has 0 saturated heterocycles. The molecule has 23 heavy (non-hydrogen) atoms. The molecule has 0 atom stereocenters. The van der Waals surface area contributed by atoms with Crippen LogP contribution in [0.3, 0.4) is 0 Å². The quantitative estimate of drug-likeness (QED) is 0.675. The van der Waals surface area contributed by atoms with Crippen LogP contribution >= 0.6 is 0 Å². The van der Waals surface area contributed by atoms with Crippen molar-refractivity contribution >= 4 is 0 Å². The third-order valence-electron chi connectivity index (χ3n) is 3.09. The summed E-state index contributed by atoms with van der Waals surface area (Å²) in [6.45, 7) is 0. The van der Waals surface area contributed by atoms with Crippen LogP contribution in [0.2, 0.25) is 0 Å². The van der Waals surface area contributed by atoms with Crippen LogP contribution in [0.4, 0.5) is 8.78 Å². The van der Waals surface area contributed by atoms with Crippen LogP contribution in [0, 0.1) is 11.8 Å². The number of rotatable bonds is 2. The lowest BCUT2D eigenvalue weighted by Gasteiger charge is -2.00. The number of hydrogen-bond donors (Lipinski definition) is 0. The minimum absolute atomic E-state index is 0.271. The molecule has 1 aromatic carbocycles. The lowest BCUT2D eigenvalue weighted by atomic mass is 10.1. The molecule has 0 saturated carbocycles. The number of alkyl halides is 2. The molecule has 3 rings (SSSR count). The van der Waals surface area contributed by atoms with Crippen LogP contribution in [0.5, 0.6) is 0 Å². The molecular weight excluding hydrogens is 296 g/mol. The van der Waals surface area contributed by atoms with E-state index in [1.165, 1.54) is 18.5 Å². The van der Waals surface area contributed by atoms with Crippen LogP contribution in [0.15, 0.2) is 61.2 Å². The van der Waals surface area contributed by atoms with Crippen molar-refractivity contribution in [1.29, 1.82) is 0 Å². The zero-order valence-corrected chi connectivity index (χ0v) is 11.9. The number of nitrogens with zero attached hydrogens (tertiary/aromatic N) is 3. The van der Waals surface area contributed by atoms with Gasteiger partial charge in [0.2, 0.25) is 0 Å². The fourth-order valence-corrected chi connectivity index (χ4v) is 2.00. The molecule has 2 aromatic heterocycles. The van der Waals surface area contributed by atoms with Crippen molar-refractivity contribution in [1.82, 2.24) is 15.0 Å². The van der Waals surface area contributed by atoms with Gasteiger partial charge in [-0.05, 0) is 35.7 Å². The van der Waals surface area contributed by atoms with E-state index >= 15 is 0 Å². The number of pyridine rings is 1. The first kappa shape index (κ1) is 14.8. The van der Waals surface area contributed by atoms with Crippen molar-refractivity contribution in [3.63, 3.8) is 0 Å². The van der Waals surface area contributed by atoms with Crippen LogP contribution < -0.4 is 0 Å². The molecule has 112 valence electrons. The lowest BCUT2D eigenvalue weighted by molar-refractivity contribution is 0.146. The van der Waals surface area contributed by atoms with E-state index in [1.807, 2.05) is 24.3 Å². The molecule has 0 amide bonds. The number of aromatic nitrogens is 3. The van der Waals surface area contributed by atoms with E-state index in [1.54, 1.807) is 18.5 Å². The smallest absolute Gasteiger partial charge is 0.244 e. The molecule has 0 aliphatic heterocycles. The van der Waals surface area contributed by atoms with Gasteiger partial charge < -0.3 is 0 Å². The summed E-state index contributed by atoms with van der Waals surface area (Å²) in [6, 6.07) is 11.9. The van der Waals surface area contributed by atoms with Crippen LogP contribution in [-0.2, 0) is 0 Å². The molecule has 0 fully saturated rings. The van der Waals surface area contributed by atoms with Gasteiger partial charge in [-0.3, -0.25) is 0 Å². The molecule has 3 nitrogen and oxygen atoms in total. The average Bonchev–Trinajstić information content (AvgIpc) is 2.61. The highest BCUT2D eigenvalue weighted by Crippen LogP contribution is 2.18. The summed E-state index contributed by atoms with van der Waals surface area (Å²) in [5, 5.41) is 0. The maximum Gasteiger partial charge on any atom is 0.280 e. The topological polar surface area (TPSA) is 38.7 Å². The first-order valence-electron chi connectivity index (χ1n) is 6.85. The molecule has 3 aromatic rings. The van der Waals surface area contributed by atoms with E-state index in [-0.39, 0.29) is 5.69 Å². The fraction of sp³-hybridized carbons (Fsp3) is 0.0556. The molecular formula is C18H11F2N3. The number of hydrogen-bond acceptors (Lipinski definition) is 3. The van der Waals surface area contributed by atoms with E-state index in [2.05, 4.69) is 26.8 Å². The van der Waals surface area contributed by atoms with Crippen molar-refractivity contribution in [2.24, 2.45) is 0 Å². The van der Waals surface area contributed by atoms with Gasteiger partial charge in [-0.15, -0.1) is 0 Å². The van der Waals surface area contributed by atoms with Gasteiger partial charge in [0.15, 0.2) is 0 Å². The van der Waals surface area contributed by atoms with Crippen molar-refractivity contribution in [2.45, 2.75) is 6.43 Å². The molecule has 0 aliphatic rings. The van der Waals surface area contributed by atoms with Crippen molar-refractivity contribution in [3.8, 4) is 23.0 Å². The lowest BCUT2D eigenvalue weighted by Crippen LogP contribution is -1.92. The average molecular weight is 307 g/mol. The van der Waals surface area contributed by atoms with Gasteiger partial charge in [0.25, 0.3) is 6.43 Å². The monoisotopic (exact) mass is 307 g/mol. The largest absolute Gasteiger partial charge is 0.280 e. The molecule has 0 aliphatic carbocycles. The Morgan fingerprint density at radius 1 is 0.870 bits per heavy atom. The predicted octanol–water partition coefficient (Wildman–Crippen LogP) is 3.88. The standard InChI is InChI=1S/C18H11F2N3/c19-18(20)17-6-2-5-16(23-17)8-7-13-3-1-4-14(9-13)15-10-21-12-22-11-15/h1-6,9-12,18H. The Morgan fingerprint density at radius 2 is 1.65 bits per heavy atom. The Hall–Kier alpha value is -3.13. The summed E-state index contributed by atoms with van der Waals surface area (Å²) in [4.78, 5) is 11.8. The molecule has 0 bridgehead atoms. The first-order chi connectivity index (χ1) is 11.2. The van der Waals surface area contributed by atoms with Gasteiger partial charge in [-0.1, -0.05) is 24.1 Å². The Morgan fingerprint density at radius 3 is 2.43 bits per heavy atom. The highest BCUT2D eigenvalue weighted by Gasteiger charge is 2.07. The van der Waals surface area contributed by atoms with Crippen molar-refractivity contribution < 1.29 is 8.78 Å². The van der Waals surface area contributed by atoms with Gasteiger partial charge in [0.1, 0.15) is 17.7 Å². The van der Waals surface area contributed by atoms with Crippen molar-refractivity contribution in [3.05, 3.63) is 78.1 Å². The van der Waals surface area contributed by atoms with Gasteiger partial charge in [0.05, 0.1) is 0 Å². The van der Waals surface area contributed by atoms with Crippen LogP contribution in [0.1, 0.15) is 23.4 Å². The summed E-state index contributed by atoms with van der Waals surface area (Å²) in [5.74, 6) is 5.75. The summed E-state index contributed by atoms with van der Waals surface area (Å²) in [6.07, 6.45) is 2.30. The predicted molar refractivity (Wildman–Crippen MR) is 82.6 cm³/mol. The molecule has 0 unspecified atom stereocenters. The molecule has 5 heteroatoms. The second-order valence-electron chi connectivity index (χ2n) is 4.71. The fourth-order valence-electron chi connectivity index (χ4n) is 2.00. The SMILES string of the molecule is FC(F)c1cccc(C#Cc2cccc(-c3cncnc3)c2)n1. The van der Waals surface area contributed by atoms with E-state index in [0.29, 0.717) is 5.69 Å². The molecule has 0 spiro atoms. The Labute approximate surface area is 132 Å². The number of benzene rings is 1. The second-order valence-corrected chi connectivity index (χ2v) is 4.71. The third-order valence-corrected chi connectivity index (χ3v) is 3.09. The Kier molecular flexibility index (Phi) is 4.34. The highest BCUT2D eigenvalue weighted by atomic mass is 19.3. The zero-order chi connectivity index (χ0) is 16.1. The van der Waals surface area contributed by atoms with Gasteiger partial charge in [0, 0.05) is 23.5 Å². The van der Waals surface area contributed by atoms with Crippen molar-refractivity contribution in [2.75, 3.05) is 0 Å². The summed E-state index contributed by atoms with van der Waals surface area (Å²) < 4.78 is 25.3. The minimum atomic E-state index is -2.60. The highest BCUT2D eigenvalue weighted by molar-refractivity contribution is 5.63. The van der Waals surface area contributed by atoms with Crippen LogP contribution in [0.25, 0.3) is 11.1 Å². The minimum Gasteiger partial charge on any atom is -0.244 e. The van der Waals surface area contributed by atoms with E-state index in [9.17, 15) is 8.78 Å². The van der Waals surface area contributed by atoms with E-state index in [0.717, 1.165) is 16.7 Å². The van der Waals surface area contributed by atoms with E-state index in [4.69, 9.17) is 0 Å². The van der Waals surface area contributed by atoms with Gasteiger partial charge >= 0.3 is 0 Å². The molecule has 0 radical (unpaired) electrons. The van der Waals surface area contributed by atoms with Crippen LogP contribution in [-0.4, -0.2) is 15.0 Å². The number of halogens is 2. The Bertz CT molecular complexity index is 868. The van der Waals surface area contributed by atoms with E-state index < -0.39 is 6.43 Å². The Balaban J connectivity index is 1.89. The summed E-state index contributed by atoms with van der Waals surface area (Å²) in [5.41, 5.74) is 2.62. The summed E-state index contributed by atoms with van der Waals surface area (Å²) in [7, 11) is 0. The van der Waals surface area contributed by atoms with Gasteiger partial charge in [-0.25, -0.2) is 23.7 Å². The molecule has 0 N–H and O–H groups in total. The molecule has 2 heterocycles.